The molecule has 17 heavy (non-hydrogen) atoms. The highest BCUT2D eigenvalue weighted by molar-refractivity contribution is 6.42. The Balaban J connectivity index is 2.11. The zero-order valence-electron chi connectivity index (χ0n) is 9.32. The Hall–Kier alpha value is -1.10. The van der Waals surface area contributed by atoms with Gasteiger partial charge in [-0.2, -0.15) is 5.10 Å². The Kier molecular flexibility index (Phi) is 3.99. The van der Waals surface area contributed by atoms with Crippen LogP contribution in [0.15, 0.2) is 24.5 Å². The van der Waals surface area contributed by atoms with Gasteiger partial charge < -0.3 is 5.32 Å². The first-order valence-corrected chi connectivity index (χ1v) is 5.91. The van der Waals surface area contributed by atoms with Gasteiger partial charge in [-0.3, -0.25) is 0 Å². The second-order valence-corrected chi connectivity index (χ2v) is 4.45. The Morgan fingerprint density at radius 3 is 2.82 bits per heavy atom. The van der Waals surface area contributed by atoms with Crippen molar-refractivity contribution in [2.75, 3.05) is 7.05 Å². The van der Waals surface area contributed by atoms with Crippen molar-refractivity contribution in [2.24, 2.45) is 0 Å². The molecule has 0 bridgehead atoms. The lowest BCUT2D eigenvalue weighted by Crippen LogP contribution is -2.08. The van der Waals surface area contributed by atoms with E-state index in [0.29, 0.717) is 23.1 Å². The molecule has 0 aliphatic heterocycles. The summed E-state index contributed by atoms with van der Waals surface area (Å²) in [5, 5.41) is 8.43. The summed E-state index contributed by atoms with van der Waals surface area (Å²) < 4.78 is 1.77. The fourth-order valence-corrected chi connectivity index (χ4v) is 1.79. The van der Waals surface area contributed by atoms with Crippen molar-refractivity contribution < 1.29 is 0 Å². The maximum atomic E-state index is 5.95. The van der Waals surface area contributed by atoms with Crippen LogP contribution in [0.5, 0.6) is 0 Å². The third kappa shape index (κ3) is 3.19. The number of nitrogens with one attached hydrogen (secondary N) is 1. The number of halogens is 2. The zero-order valence-corrected chi connectivity index (χ0v) is 10.8. The van der Waals surface area contributed by atoms with Gasteiger partial charge in [0.25, 0.3) is 0 Å². The van der Waals surface area contributed by atoms with Crippen molar-refractivity contribution in [1.29, 1.82) is 0 Å². The quantitative estimate of drug-likeness (QED) is 0.928. The Morgan fingerprint density at radius 1 is 1.29 bits per heavy atom. The van der Waals surface area contributed by atoms with Crippen molar-refractivity contribution >= 4 is 23.2 Å². The van der Waals surface area contributed by atoms with E-state index in [4.69, 9.17) is 23.2 Å². The second kappa shape index (κ2) is 5.49. The van der Waals surface area contributed by atoms with Crippen molar-refractivity contribution in [3.63, 3.8) is 0 Å². The van der Waals surface area contributed by atoms with Crippen LogP contribution in [0.25, 0.3) is 0 Å². The minimum Gasteiger partial charge on any atom is -0.313 e. The van der Waals surface area contributed by atoms with Crippen molar-refractivity contribution in [3.8, 4) is 0 Å². The predicted molar refractivity (Wildman–Crippen MR) is 68.3 cm³/mol. The van der Waals surface area contributed by atoms with Crippen LogP contribution in [0.2, 0.25) is 10.0 Å². The van der Waals surface area contributed by atoms with Gasteiger partial charge in [0.05, 0.1) is 23.1 Å². The SMILES string of the molecule is CNCc1ncn(Cc2ccc(Cl)c(Cl)c2)n1. The molecule has 1 heterocycles. The minimum absolute atomic E-state index is 0.555. The van der Waals surface area contributed by atoms with Crippen molar-refractivity contribution in [3.05, 3.63) is 46.0 Å². The van der Waals surface area contributed by atoms with E-state index in [1.54, 1.807) is 17.1 Å². The molecule has 4 nitrogen and oxygen atoms in total. The standard InChI is InChI=1S/C11H12Cl2N4/c1-14-5-11-15-7-17(16-11)6-8-2-3-9(12)10(13)4-8/h2-4,7,14H,5-6H2,1H3. The normalized spacial score (nSPS) is 10.8. The van der Waals surface area contributed by atoms with Crippen LogP contribution < -0.4 is 5.32 Å². The predicted octanol–water partition coefficient (Wildman–Crippen LogP) is 2.35. The fraction of sp³-hybridized carbons (Fsp3) is 0.273. The molecule has 1 N–H and O–H groups in total. The number of rotatable bonds is 4. The average Bonchev–Trinajstić information content (AvgIpc) is 2.72. The molecule has 0 amide bonds. The first-order valence-electron chi connectivity index (χ1n) is 5.16. The Labute approximate surface area is 110 Å². The third-order valence-corrected chi connectivity index (χ3v) is 2.99. The van der Waals surface area contributed by atoms with Gasteiger partial charge in [0.15, 0.2) is 5.82 Å². The molecule has 0 spiro atoms. The van der Waals surface area contributed by atoms with Crippen LogP contribution in [-0.2, 0) is 13.1 Å². The van der Waals surface area contributed by atoms with Crippen molar-refractivity contribution in [2.45, 2.75) is 13.1 Å². The largest absolute Gasteiger partial charge is 0.313 e. The van der Waals surface area contributed by atoms with E-state index in [1.807, 2.05) is 19.2 Å². The smallest absolute Gasteiger partial charge is 0.164 e. The topological polar surface area (TPSA) is 42.7 Å². The van der Waals surface area contributed by atoms with E-state index in [9.17, 15) is 0 Å². The molecule has 0 atom stereocenters. The summed E-state index contributed by atoms with van der Waals surface area (Å²) in [5.41, 5.74) is 1.04. The van der Waals surface area contributed by atoms with Gasteiger partial charge in [-0.15, -0.1) is 0 Å². The maximum Gasteiger partial charge on any atom is 0.164 e. The average molecular weight is 271 g/mol. The highest BCUT2D eigenvalue weighted by Crippen LogP contribution is 2.22. The number of hydrogen-bond acceptors (Lipinski definition) is 3. The molecule has 0 fully saturated rings. The molecule has 2 rings (SSSR count). The summed E-state index contributed by atoms with van der Waals surface area (Å²) >= 11 is 11.8. The summed E-state index contributed by atoms with van der Waals surface area (Å²) in [6.45, 7) is 1.29. The fourth-order valence-electron chi connectivity index (χ4n) is 1.47. The molecule has 0 radical (unpaired) electrons. The van der Waals surface area contributed by atoms with Gasteiger partial charge in [-0.1, -0.05) is 29.3 Å². The lowest BCUT2D eigenvalue weighted by atomic mass is 10.2. The lowest BCUT2D eigenvalue weighted by Gasteiger charge is -2.02. The Bertz CT molecular complexity index is 510. The molecule has 1 aromatic heterocycles. The first-order chi connectivity index (χ1) is 8.19. The Morgan fingerprint density at radius 2 is 2.12 bits per heavy atom. The van der Waals surface area contributed by atoms with Crippen LogP contribution >= 0.6 is 23.2 Å². The summed E-state index contributed by atoms with van der Waals surface area (Å²) in [6.07, 6.45) is 1.70. The number of nitrogens with zero attached hydrogens (tertiary/aromatic N) is 3. The molecular formula is C11H12Cl2N4. The molecule has 0 saturated heterocycles. The number of benzene rings is 1. The van der Waals surface area contributed by atoms with E-state index in [2.05, 4.69) is 15.4 Å². The van der Waals surface area contributed by atoms with Gasteiger partial charge in [-0.25, -0.2) is 9.67 Å². The molecule has 0 unspecified atom stereocenters. The van der Waals surface area contributed by atoms with Crippen LogP contribution in [-0.4, -0.2) is 21.8 Å². The maximum absolute atomic E-state index is 5.95. The molecule has 6 heteroatoms. The second-order valence-electron chi connectivity index (χ2n) is 3.64. The van der Waals surface area contributed by atoms with Gasteiger partial charge in [0.1, 0.15) is 6.33 Å². The molecule has 0 aliphatic carbocycles. The highest BCUT2D eigenvalue weighted by atomic mass is 35.5. The van der Waals surface area contributed by atoms with Gasteiger partial charge in [-0.05, 0) is 24.7 Å². The zero-order chi connectivity index (χ0) is 12.3. The molecule has 90 valence electrons. The van der Waals surface area contributed by atoms with E-state index in [-0.39, 0.29) is 0 Å². The number of hydrogen-bond donors (Lipinski definition) is 1. The third-order valence-electron chi connectivity index (χ3n) is 2.25. The summed E-state index contributed by atoms with van der Waals surface area (Å²) in [6, 6.07) is 5.54. The van der Waals surface area contributed by atoms with Crippen molar-refractivity contribution in [1.82, 2.24) is 20.1 Å². The van der Waals surface area contributed by atoms with E-state index >= 15 is 0 Å². The summed E-state index contributed by atoms with van der Waals surface area (Å²) in [5.74, 6) is 0.771. The van der Waals surface area contributed by atoms with E-state index in [1.165, 1.54) is 0 Å². The molecule has 0 saturated carbocycles. The van der Waals surface area contributed by atoms with Gasteiger partial charge in [0.2, 0.25) is 0 Å². The lowest BCUT2D eigenvalue weighted by molar-refractivity contribution is 0.659. The van der Waals surface area contributed by atoms with Gasteiger partial charge >= 0.3 is 0 Å². The molecule has 1 aromatic carbocycles. The summed E-state index contributed by atoms with van der Waals surface area (Å²) in [7, 11) is 1.86. The first kappa shape index (κ1) is 12.4. The summed E-state index contributed by atoms with van der Waals surface area (Å²) in [4.78, 5) is 4.17. The molecular weight excluding hydrogens is 259 g/mol. The molecule has 0 aliphatic rings. The molecule has 2 aromatic rings. The monoisotopic (exact) mass is 270 g/mol. The minimum atomic E-state index is 0.555. The van der Waals surface area contributed by atoms with Crippen LogP contribution in [0.4, 0.5) is 0 Å². The number of aromatic nitrogens is 3. The van der Waals surface area contributed by atoms with E-state index < -0.39 is 0 Å². The van der Waals surface area contributed by atoms with Crippen LogP contribution in [0, 0.1) is 0 Å². The van der Waals surface area contributed by atoms with Crippen LogP contribution in [0.3, 0.4) is 0 Å². The van der Waals surface area contributed by atoms with Gasteiger partial charge in [0, 0.05) is 0 Å². The van der Waals surface area contributed by atoms with E-state index in [0.717, 1.165) is 11.4 Å². The highest BCUT2D eigenvalue weighted by Gasteiger charge is 2.03. The van der Waals surface area contributed by atoms with Crippen LogP contribution in [0.1, 0.15) is 11.4 Å².